The molecule has 0 amide bonds. The second-order valence-corrected chi connectivity index (χ2v) is 5.67. The molecule has 5 heteroatoms. The fourth-order valence-corrected chi connectivity index (χ4v) is 2.94. The van der Waals surface area contributed by atoms with E-state index in [-0.39, 0.29) is 17.9 Å². The van der Waals surface area contributed by atoms with Gasteiger partial charge in [0, 0.05) is 17.8 Å². The van der Waals surface area contributed by atoms with E-state index in [4.69, 9.17) is 16.7 Å². The summed E-state index contributed by atoms with van der Waals surface area (Å²) in [6.07, 6.45) is 1.88. The minimum absolute atomic E-state index is 0.145. The van der Waals surface area contributed by atoms with E-state index in [0.717, 1.165) is 23.9 Å². The average Bonchev–Trinajstić information content (AvgIpc) is 3.17. The van der Waals surface area contributed by atoms with Gasteiger partial charge in [0.1, 0.15) is 0 Å². The summed E-state index contributed by atoms with van der Waals surface area (Å²) in [5.74, 6) is -0.933. The molecular formula is C15H14ClNO3. The Morgan fingerprint density at radius 2 is 2.15 bits per heavy atom. The second kappa shape index (κ2) is 4.63. The molecule has 1 N–H and O–H groups in total. The fourth-order valence-electron chi connectivity index (χ4n) is 2.69. The van der Waals surface area contributed by atoms with Crippen LogP contribution < -0.4 is 5.43 Å². The van der Waals surface area contributed by atoms with Crippen molar-refractivity contribution in [1.29, 1.82) is 0 Å². The quantitative estimate of drug-likeness (QED) is 0.946. The highest BCUT2D eigenvalue weighted by Crippen LogP contribution is 2.39. The maximum absolute atomic E-state index is 12.3. The van der Waals surface area contributed by atoms with Crippen molar-refractivity contribution >= 4 is 28.5 Å². The summed E-state index contributed by atoms with van der Waals surface area (Å²) < 4.78 is 1.99. The summed E-state index contributed by atoms with van der Waals surface area (Å²) in [5, 5.41) is 9.96. The number of benzene rings is 1. The van der Waals surface area contributed by atoms with Gasteiger partial charge in [0.2, 0.25) is 0 Å². The minimum Gasteiger partial charge on any atom is -0.481 e. The number of halogens is 1. The van der Waals surface area contributed by atoms with E-state index in [1.807, 2.05) is 17.6 Å². The van der Waals surface area contributed by atoms with E-state index < -0.39 is 5.97 Å². The Hall–Kier alpha value is -1.81. The number of fused-ring (bicyclic) bond motifs is 1. The first-order valence-electron chi connectivity index (χ1n) is 6.54. The molecule has 1 aromatic heterocycles. The molecular weight excluding hydrogens is 278 g/mol. The first-order chi connectivity index (χ1) is 9.49. The summed E-state index contributed by atoms with van der Waals surface area (Å²) >= 11 is 6.16. The van der Waals surface area contributed by atoms with Crippen LogP contribution in [0.4, 0.5) is 0 Å². The Morgan fingerprint density at radius 3 is 2.75 bits per heavy atom. The molecule has 1 aromatic carbocycles. The van der Waals surface area contributed by atoms with Crippen LogP contribution in [0.3, 0.4) is 0 Å². The first kappa shape index (κ1) is 13.2. The smallest absolute Gasteiger partial charge is 0.309 e. The minimum atomic E-state index is -0.933. The molecule has 0 spiro atoms. The first-order valence-corrected chi connectivity index (χ1v) is 6.92. The number of aliphatic carboxylic acids is 1. The predicted octanol–water partition coefficient (Wildman–Crippen LogP) is 2.93. The van der Waals surface area contributed by atoms with Crippen LogP contribution in [0.25, 0.3) is 10.9 Å². The summed E-state index contributed by atoms with van der Waals surface area (Å²) in [6.45, 7) is 1.92. The standard InChI is InChI=1S/C15H14ClNO3/c1-8-2-5-11(16)14-12(18)6-10(7-13(19)20)17(15(8)14)9-3-4-9/h2,5-6,9H,3-4,7H2,1H3,(H,19,20). The largest absolute Gasteiger partial charge is 0.481 e. The van der Waals surface area contributed by atoms with Gasteiger partial charge >= 0.3 is 5.97 Å². The number of aryl methyl sites for hydroxylation is 1. The van der Waals surface area contributed by atoms with Crippen molar-refractivity contribution < 1.29 is 9.90 Å². The van der Waals surface area contributed by atoms with Crippen LogP contribution in [0.1, 0.15) is 30.1 Å². The molecule has 0 saturated heterocycles. The van der Waals surface area contributed by atoms with Crippen molar-refractivity contribution in [2.24, 2.45) is 0 Å². The Bertz CT molecular complexity index is 775. The number of aromatic nitrogens is 1. The van der Waals surface area contributed by atoms with Gasteiger partial charge in [-0.1, -0.05) is 17.7 Å². The number of nitrogens with zero attached hydrogens (tertiary/aromatic N) is 1. The van der Waals surface area contributed by atoms with Gasteiger partial charge in [-0.2, -0.15) is 0 Å². The Kier molecular flexibility index (Phi) is 3.05. The molecule has 1 saturated carbocycles. The number of carboxylic acids is 1. The van der Waals surface area contributed by atoms with Crippen molar-refractivity contribution in [3.63, 3.8) is 0 Å². The summed E-state index contributed by atoms with van der Waals surface area (Å²) in [5.41, 5.74) is 2.08. The summed E-state index contributed by atoms with van der Waals surface area (Å²) in [7, 11) is 0. The molecule has 104 valence electrons. The maximum Gasteiger partial charge on any atom is 0.309 e. The van der Waals surface area contributed by atoms with Gasteiger partial charge in [-0.3, -0.25) is 9.59 Å². The maximum atomic E-state index is 12.3. The van der Waals surface area contributed by atoms with Crippen molar-refractivity contribution in [1.82, 2.24) is 4.57 Å². The molecule has 1 heterocycles. The number of rotatable bonds is 3. The van der Waals surface area contributed by atoms with Gasteiger partial charge in [-0.25, -0.2) is 0 Å². The molecule has 20 heavy (non-hydrogen) atoms. The van der Waals surface area contributed by atoms with Gasteiger partial charge in [0.15, 0.2) is 5.43 Å². The highest BCUT2D eigenvalue weighted by atomic mass is 35.5. The Morgan fingerprint density at radius 1 is 1.45 bits per heavy atom. The van der Waals surface area contributed by atoms with Gasteiger partial charge in [-0.15, -0.1) is 0 Å². The molecule has 2 aromatic rings. The van der Waals surface area contributed by atoms with Gasteiger partial charge < -0.3 is 9.67 Å². The third-order valence-electron chi connectivity index (χ3n) is 3.67. The van der Waals surface area contributed by atoms with Crippen LogP contribution in [0.15, 0.2) is 23.0 Å². The lowest BCUT2D eigenvalue weighted by atomic mass is 10.1. The van der Waals surface area contributed by atoms with Crippen LogP contribution in [-0.4, -0.2) is 15.6 Å². The van der Waals surface area contributed by atoms with Crippen LogP contribution in [0.5, 0.6) is 0 Å². The van der Waals surface area contributed by atoms with E-state index in [9.17, 15) is 9.59 Å². The highest BCUT2D eigenvalue weighted by Gasteiger charge is 2.28. The molecule has 0 atom stereocenters. The van der Waals surface area contributed by atoms with Gasteiger partial charge in [-0.05, 0) is 31.4 Å². The SMILES string of the molecule is Cc1ccc(Cl)c2c(=O)cc(CC(=O)O)n(C3CC3)c12. The highest BCUT2D eigenvalue weighted by molar-refractivity contribution is 6.35. The van der Waals surface area contributed by atoms with Crippen molar-refractivity contribution in [2.45, 2.75) is 32.2 Å². The lowest BCUT2D eigenvalue weighted by Crippen LogP contribution is -2.17. The monoisotopic (exact) mass is 291 g/mol. The van der Waals surface area contributed by atoms with E-state index in [2.05, 4.69) is 0 Å². The third kappa shape index (κ3) is 2.10. The molecule has 0 aliphatic heterocycles. The van der Waals surface area contributed by atoms with Crippen molar-refractivity contribution in [3.05, 3.63) is 44.7 Å². The number of hydrogen-bond donors (Lipinski definition) is 1. The molecule has 0 bridgehead atoms. The van der Waals surface area contributed by atoms with E-state index in [1.165, 1.54) is 6.07 Å². The molecule has 1 aliphatic rings. The molecule has 4 nitrogen and oxygen atoms in total. The number of pyridine rings is 1. The molecule has 0 radical (unpaired) electrons. The number of carbonyl (C=O) groups is 1. The molecule has 1 aliphatic carbocycles. The van der Waals surface area contributed by atoms with E-state index >= 15 is 0 Å². The average molecular weight is 292 g/mol. The summed E-state index contributed by atoms with van der Waals surface area (Å²) in [4.78, 5) is 23.3. The lowest BCUT2D eigenvalue weighted by molar-refractivity contribution is -0.136. The molecule has 3 rings (SSSR count). The van der Waals surface area contributed by atoms with Crippen LogP contribution in [-0.2, 0) is 11.2 Å². The van der Waals surface area contributed by atoms with Crippen LogP contribution in [0.2, 0.25) is 5.02 Å². The predicted molar refractivity (Wildman–Crippen MR) is 77.6 cm³/mol. The summed E-state index contributed by atoms with van der Waals surface area (Å²) in [6, 6.07) is 5.28. The fraction of sp³-hybridized carbons (Fsp3) is 0.333. The van der Waals surface area contributed by atoms with Gasteiger partial charge in [0.05, 0.1) is 22.3 Å². The Balaban J connectivity index is 2.42. The van der Waals surface area contributed by atoms with E-state index in [1.54, 1.807) is 6.07 Å². The zero-order valence-corrected chi connectivity index (χ0v) is 11.8. The van der Waals surface area contributed by atoms with E-state index in [0.29, 0.717) is 16.1 Å². The zero-order chi connectivity index (χ0) is 14.4. The Labute approximate surface area is 120 Å². The lowest BCUT2D eigenvalue weighted by Gasteiger charge is -2.17. The van der Waals surface area contributed by atoms with Crippen LogP contribution in [0, 0.1) is 6.92 Å². The molecule has 1 fully saturated rings. The topological polar surface area (TPSA) is 59.3 Å². The normalized spacial score (nSPS) is 14.7. The number of hydrogen-bond acceptors (Lipinski definition) is 2. The third-order valence-corrected chi connectivity index (χ3v) is 3.98. The molecule has 0 unspecified atom stereocenters. The van der Waals surface area contributed by atoms with Crippen molar-refractivity contribution in [2.75, 3.05) is 0 Å². The van der Waals surface area contributed by atoms with Crippen LogP contribution >= 0.6 is 11.6 Å². The number of carboxylic acid groups (broad SMARTS) is 1. The zero-order valence-electron chi connectivity index (χ0n) is 11.0. The van der Waals surface area contributed by atoms with Gasteiger partial charge in [0.25, 0.3) is 0 Å². The second-order valence-electron chi connectivity index (χ2n) is 5.26. The van der Waals surface area contributed by atoms with Crippen molar-refractivity contribution in [3.8, 4) is 0 Å².